The molecule has 1 fully saturated rings. The van der Waals surface area contributed by atoms with E-state index in [0.717, 1.165) is 11.3 Å². The zero-order chi connectivity index (χ0) is 19.9. The van der Waals surface area contributed by atoms with Gasteiger partial charge in [0.25, 0.3) is 0 Å². The Kier molecular flexibility index (Phi) is 4.07. The first-order valence-corrected chi connectivity index (χ1v) is 8.59. The largest absolute Gasteiger partial charge is 0.456 e. The van der Waals surface area contributed by atoms with Gasteiger partial charge in [-0.2, -0.15) is 5.10 Å². The number of aromatic nitrogens is 4. The van der Waals surface area contributed by atoms with E-state index in [-0.39, 0.29) is 6.42 Å². The van der Waals surface area contributed by atoms with E-state index in [4.69, 9.17) is 16.2 Å². The van der Waals surface area contributed by atoms with Crippen molar-refractivity contribution in [3.05, 3.63) is 54.7 Å². The van der Waals surface area contributed by atoms with E-state index in [1.807, 2.05) is 13.2 Å². The highest BCUT2D eigenvalue weighted by Crippen LogP contribution is 2.58. The van der Waals surface area contributed by atoms with Crippen molar-refractivity contribution in [2.24, 2.45) is 23.9 Å². The average Bonchev–Trinajstić information content (AvgIpc) is 3.31. The molecule has 0 spiro atoms. The van der Waals surface area contributed by atoms with Crippen LogP contribution in [0.15, 0.2) is 49.1 Å². The molecule has 0 saturated heterocycles. The minimum absolute atomic E-state index is 0.281. The molecule has 3 aromatic heterocycles. The lowest BCUT2D eigenvalue weighted by Crippen LogP contribution is -2.38. The molecule has 0 bridgehead atoms. The monoisotopic (exact) mass is 378 g/mol. The summed E-state index contributed by atoms with van der Waals surface area (Å²) in [7, 11) is 1.84. The molecule has 1 atom stereocenters. The number of nitrogens with zero attached hydrogens (tertiary/aromatic N) is 4. The van der Waals surface area contributed by atoms with Gasteiger partial charge in [0.2, 0.25) is 11.8 Å². The van der Waals surface area contributed by atoms with Crippen molar-refractivity contribution in [1.82, 2.24) is 19.7 Å². The summed E-state index contributed by atoms with van der Waals surface area (Å²) in [5.74, 6) is -0.719. The maximum absolute atomic E-state index is 11.6. The van der Waals surface area contributed by atoms with Gasteiger partial charge in [-0.25, -0.2) is 0 Å². The Morgan fingerprint density at radius 3 is 2.50 bits per heavy atom. The third-order valence-electron chi connectivity index (χ3n) is 4.92. The van der Waals surface area contributed by atoms with Gasteiger partial charge in [-0.05, 0) is 24.6 Å². The van der Waals surface area contributed by atoms with Crippen LogP contribution in [0.2, 0.25) is 0 Å². The van der Waals surface area contributed by atoms with Crippen LogP contribution in [0, 0.1) is 5.41 Å². The molecule has 142 valence electrons. The van der Waals surface area contributed by atoms with Gasteiger partial charge in [-0.15, -0.1) is 0 Å². The number of aryl methyl sites for hydroxylation is 1. The Labute approximate surface area is 160 Å². The number of hydrogen-bond donors (Lipinski definition) is 2. The summed E-state index contributed by atoms with van der Waals surface area (Å²) in [4.78, 5) is 31.9. The molecule has 9 nitrogen and oxygen atoms in total. The second-order valence-corrected chi connectivity index (χ2v) is 6.76. The quantitative estimate of drug-likeness (QED) is 0.616. The molecule has 1 aliphatic carbocycles. The summed E-state index contributed by atoms with van der Waals surface area (Å²) < 4.78 is 7.53. The van der Waals surface area contributed by atoms with Gasteiger partial charge in [0, 0.05) is 42.7 Å². The first-order chi connectivity index (χ1) is 13.4. The molecule has 28 heavy (non-hydrogen) atoms. The predicted molar refractivity (Wildman–Crippen MR) is 98.9 cm³/mol. The molecule has 1 unspecified atom stereocenters. The normalized spacial score (nSPS) is 17.1. The number of primary amides is 2. The summed E-state index contributed by atoms with van der Waals surface area (Å²) >= 11 is 0. The van der Waals surface area contributed by atoms with Gasteiger partial charge >= 0.3 is 0 Å². The van der Waals surface area contributed by atoms with E-state index in [1.54, 1.807) is 41.3 Å². The van der Waals surface area contributed by atoms with Crippen LogP contribution in [-0.2, 0) is 16.6 Å². The lowest BCUT2D eigenvalue weighted by molar-refractivity contribution is -0.133. The van der Waals surface area contributed by atoms with Crippen molar-refractivity contribution in [2.45, 2.75) is 12.3 Å². The molecule has 1 aliphatic rings. The first-order valence-electron chi connectivity index (χ1n) is 8.59. The maximum Gasteiger partial charge on any atom is 0.233 e. The highest BCUT2D eigenvalue weighted by Gasteiger charge is 2.65. The van der Waals surface area contributed by atoms with E-state index < -0.39 is 23.1 Å². The SMILES string of the molecule is Cn1cc(-c2cc(Oc3ccc(C4CC4(C(N)=O)C(N)=O)nc3)ccn2)cn1. The molecule has 0 aliphatic heterocycles. The van der Waals surface area contributed by atoms with Crippen molar-refractivity contribution in [3.63, 3.8) is 0 Å². The fraction of sp³-hybridized carbons (Fsp3) is 0.211. The van der Waals surface area contributed by atoms with Gasteiger partial charge in [0.05, 0.1) is 18.1 Å². The van der Waals surface area contributed by atoms with Crippen LogP contribution < -0.4 is 16.2 Å². The van der Waals surface area contributed by atoms with E-state index in [1.165, 1.54) is 6.20 Å². The highest BCUT2D eigenvalue weighted by atomic mass is 16.5. The molecule has 0 aromatic carbocycles. The van der Waals surface area contributed by atoms with Crippen LogP contribution in [-0.4, -0.2) is 31.6 Å². The smallest absolute Gasteiger partial charge is 0.233 e. The van der Waals surface area contributed by atoms with E-state index in [0.29, 0.717) is 17.2 Å². The maximum atomic E-state index is 11.6. The fourth-order valence-electron chi connectivity index (χ4n) is 3.27. The summed E-state index contributed by atoms with van der Waals surface area (Å²) in [6, 6.07) is 6.96. The number of hydrogen-bond acceptors (Lipinski definition) is 6. The molecule has 3 aromatic rings. The van der Waals surface area contributed by atoms with Gasteiger partial charge in [0.1, 0.15) is 16.9 Å². The summed E-state index contributed by atoms with van der Waals surface area (Å²) in [6.07, 6.45) is 7.05. The van der Waals surface area contributed by atoms with Crippen molar-refractivity contribution in [3.8, 4) is 22.8 Å². The molecule has 4 N–H and O–H groups in total. The van der Waals surface area contributed by atoms with E-state index >= 15 is 0 Å². The van der Waals surface area contributed by atoms with Crippen molar-refractivity contribution in [1.29, 1.82) is 0 Å². The number of carbonyl (C=O) groups excluding carboxylic acids is 2. The van der Waals surface area contributed by atoms with Gasteiger partial charge in [-0.1, -0.05) is 0 Å². The van der Waals surface area contributed by atoms with Crippen molar-refractivity contribution in [2.75, 3.05) is 0 Å². The van der Waals surface area contributed by atoms with Crippen molar-refractivity contribution < 1.29 is 14.3 Å². The van der Waals surface area contributed by atoms with Gasteiger partial charge < -0.3 is 16.2 Å². The fourth-order valence-corrected chi connectivity index (χ4v) is 3.27. The number of ether oxygens (including phenoxy) is 1. The summed E-state index contributed by atoms with van der Waals surface area (Å²) in [5.41, 5.74) is 11.6. The molecule has 0 radical (unpaired) electrons. The Bertz CT molecular complexity index is 1050. The van der Waals surface area contributed by atoms with Crippen LogP contribution >= 0.6 is 0 Å². The number of pyridine rings is 2. The van der Waals surface area contributed by atoms with Crippen LogP contribution in [0.25, 0.3) is 11.3 Å². The third kappa shape index (κ3) is 2.96. The molecule has 4 rings (SSSR count). The molecular weight excluding hydrogens is 360 g/mol. The summed E-state index contributed by atoms with van der Waals surface area (Å²) in [6.45, 7) is 0. The minimum Gasteiger partial charge on any atom is -0.456 e. The predicted octanol–water partition coefficient (Wildman–Crippen LogP) is 1.11. The Morgan fingerprint density at radius 2 is 1.93 bits per heavy atom. The van der Waals surface area contributed by atoms with Gasteiger partial charge in [0.15, 0.2) is 0 Å². The Morgan fingerprint density at radius 1 is 1.14 bits per heavy atom. The lowest BCUT2D eigenvalue weighted by Gasteiger charge is -2.10. The summed E-state index contributed by atoms with van der Waals surface area (Å²) in [5, 5.41) is 4.14. The van der Waals surface area contributed by atoms with Crippen LogP contribution in [0.3, 0.4) is 0 Å². The number of rotatable bonds is 6. The standard InChI is InChI=1S/C19H18N6O3/c1-25-10-11(8-24-25)16-6-12(4-5-22-16)28-13-2-3-15(23-9-13)14-7-19(14,17(20)26)18(21)27/h2-6,8-10,14H,7H2,1H3,(H2,20,26)(H2,21,27). The number of amides is 2. The molecular formula is C19H18N6O3. The number of nitrogens with two attached hydrogens (primary N) is 2. The van der Waals surface area contributed by atoms with Crippen LogP contribution in [0.4, 0.5) is 0 Å². The lowest BCUT2D eigenvalue weighted by atomic mass is 10.0. The molecule has 1 saturated carbocycles. The molecule has 3 heterocycles. The Balaban J connectivity index is 1.50. The third-order valence-corrected chi connectivity index (χ3v) is 4.92. The van der Waals surface area contributed by atoms with Crippen LogP contribution in [0.1, 0.15) is 18.0 Å². The topological polar surface area (TPSA) is 139 Å². The number of carbonyl (C=O) groups is 2. The highest BCUT2D eigenvalue weighted by molar-refractivity contribution is 6.08. The first kappa shape index (κ1) is 17.7. The second kappa shape index (κ2) is 6.45. The Hall–Kier alpha value is -3.75. The second-order valence-electron chi connectivity index (χ2n) is 6.76. The zero-order valence-electron chi connectivity index (χ0n) is 15.1. The zero-order valence-corrected chi connectivity index (χ0v) is 15.1. The molecule has 9 heteroatoms. The van der Waals surface area contributed by atoms with Gasteiger partial charge in [-0.3, -0.25) is 24.2 Å². The molecule has 2 amide bonds. The van der Waals surface area contributed by atoms with Crippen molar-refractivity contribution >= 4 is 11.8 Å². The minimum atomic E-state index is -1.33. The van der Waals surface area contributed by atoms with E-state index in [2.05, 4.69) is 15.1 Å². The van der Waals surface area contributed by atoms with E-state index in [9.17, 15) is 9.59 Å². The average molecular weight is 378 g/mol. The van der Waals surface area contributed by atoms with Crippen LogP contribution in [0.5, 0.6) is 11.5 Å².